The Hall–Kier alpha value is -1.31. The van der Waals surface area contributed by atoms with Crippen molar-refractivity contribution in [1.82, 2.24) is 0 Å². The summed E-state index contributed by atoms with van der Waals surface area (Å²) < 4.78 is 0. The van der Waals surface area contributed by atoms with Gasteiger partial charge in [-0.15, -0.1) is 0 Å². The van der Waals surface area contributed by atoms with Crippen LogP contribution in [0, 0.1) is 0 Å². The predicted molar refractivity (Wildman–Crippen MR) is 71.5 cm³/mol. The number of Topliss-reactive ketones (excluding diaryl/α,β-unsaturated/α-hetero) is 1. The van der Waals surface area contributed by atoms with Crippen LogP contribution in [0.1, 0.15) is 39.2 Å². The Bertz CT molecular complexity index is 405. The molecule has 2 heteroatoms. The monoisotopic (exact) mass is 231 g/mol. The van der Waals surface area contributed by atoms with Crippen molar-refractivity contribution in [2.45, 2.75) is 45.6 Å². The van der Waals surface area contributed by atoms with Gasteiger partial charge in [-0.3, -0.25) is 4.79 Å². The van der Waals surface area contributed by atoms with Crippen LogP contribution in [-0.2, 0) is 11.2 Å². The average Bonchev–Trinajstić information content (AvgIpc) is 2.33. The van der Waals surface area contributed by atoms with E-state index in [0.717, 1.165) is 25.8 Å². The first-order chi connectivity index (χ1) is 8.05. The first-order valence-corrected chi connectivity index (χ1v) is 6.45. The Morgan fingerprint density at radius 2 is 1.88 bits per heavy atom. The quantitative estimate of drug-likeness (QED) is 0.779. The van der Waals surface area contributed by atoms with E-state index in [1.54, 1.807) is 0 Å². The van der Waals surface area contributed by atoms with E-state index in [0.29, 0.717) is 5.78 Å². The molecule has 1 aliphatic rings. The molecule has 0 bridgehead atoms. The second-order valence-corrected chi connectivity index (χ2v) is 5.26. The number of aryl methyl sites for hydroxylation is 1. The Morgan fingerprint density at radius 3 is 2.47 bits per heavy atom. The molecule has 1 aliphatic heterocycles. The van der Waals surface area contributed by atoms with Gasteiger partial charge in [-0.05, 0) is 44.4 Å². The van der Waals surface area contributed by atoms with Crippen LogP contribution in [0.4, 0.5) is 5.69 Å². The molecule has 92 valence electrons. The molecule has 0 radical (unpaired) electrons. The van der Waals surface area contributed by atoms with Crippen LogP contribution >= 0.6 is 0 Å². The van der Waals surface area contributed by atoms with Gasteiger partial charge in [0.15, 0.2) is 5.78 Å². The predicted octanol–water partition coefficient (Wildman–Crippen LogP) is 3.20. The minimum Gasteiger partial charge on any atom is -0.359 e. The summed E-state index contributed by atoms with van der Waals surface area (Å²) in [6.07, 6.45) is 2.75. The van der Waals surface area contributed by atoms with Gasteiger partial charge in [0.25, 0.3) is 0 Å². The molecule has 0 saturated carbocycles. The van der Waals surface area contributed by atoms with Gasteiger partial charge in [0.1, 0.15) is 0 Å². The lowest BCUT2D eigenvalue weighted by atomic mass is 9.88. The van der Waals surface area contributed by atoms with Gasteiger partial charge in [0.2, 0.25) is 0 Å². The SMILES string of the molecule is CCc1ccc(N2CCCC(=O)C2(C)C)cc1. The molecule has 2 rings (SSSR count). The number of hydrogen-bond acceptors (Lipinski definition) is 2. The number of hydrogen-bond donors (Lipinski definition) is 0. The highest BCUT2D eigenvalue weighted by Gasteiger charge is 2.37. The number of ketones is 1. The topological polar surface area (TPSA) is 20.3 Å². The van der Waals surface area contributed by atoms with E-state index in [2.05, 4.69) is 36.1 Å². The molecule has 0 aromatic heterocycles. The van der Waals surface area contributed by atoms with Crippen molar-refractivity contribution in [2.75, 3.05) is 11.4 Å². The van der Waals surface area contributed by atoms with E-state index in [1.807, 2.05) is 13.8 Å². The molecule has 17 heavy (non-hydrogen) atoms. The molecule has 0 amide bonds. The van der Waals surface area contributed by atoms with E-state index in [-0.39, 0.29) is 5.54 Å². The fourth-order valence-corrected chi connectivity index (χ4v) is 2.50. The first kappa shape index (κ1) is 12.2. The summed E-state index contributed by atoms with van der Waals surface area (Å²) in [5, 5.41) is 0. The number of carbonyl (C=O) groups is 1. The molecule has 0 atom stereocenters. The molecule has 1 heterocycles. The Labute approximate surface area is 104 Å². The molecule has 2 nitrogen and oxygen atoms in total. The minimum absolute atomic E-state index is 0.350. The lowest BCUT2D eigenvalue weighted by Gasteiger charge is -2.42. The molecular weight excluding hydrogens is 210 g/mol. The number of carbonyl (C=O) groups excluding carboxylic acids is 1. The Balaban J connectivity index is 2.28. The Morgan fingerprint density at radius 1 is 1.24 bits per heavy atom. The third kappa shape index (κ3) is 2.21. The fraction of sp³-hybridized carbons (Fsp3) is 0.533. The summed E-state index contributed by atoms with van der Waals surface area (Å²) >= 11 is 0. The van der Waals surface area contributed by atoms with Crippen molar-refractivity contribution < 1.29 is 4.79 Å². The van der Waals surface area contributed by atoms with Gasteiger partial charge in [-0.2, -0.15) is 0 Å². The summed E-state index contributed by atoms with van der Waals surface area (Å²) in [5.41, 5.74) is 2.15. The third-order valence-electron chi connectivity index (χ3n) is 3.80. The summed E-state index contributed by atoms with van der Waals surface area (Å²) in [6.45, 7) is 7.19. The highest BCUT2D eigenvalue weighted by molar-refractivity contribution is 5.92. The number of rotatable bonds is 2. The van der Waals surface area contributed by atoms with Crippen LogP contribution in [0.5, 0.6) is 0 Å². The smallest absolute Gasteiger partial charge is 0.157 e. The largest absolute Gasteiger partial charge is 0.359 e. The zero-order chi connectivity index (χ0) is 12.5. The zero-order valence-electron chi connectivity index (χ0n) is 11.0. The van der Waals surface area contributed by atoms with Gasteiger partial charge in [-0.1, -0.05) is 19.1 Å². The molecule has 1 fully saturated rings. The number of benzene rings is 1. The summed E-state index contributed by atoms with van der Waals surface area (Å²) in [7, 11) is 0. The second-order valence-electron chi connectivity index (χ2n) is 5.26. The van der Waals surface area contributed by atoms with Gasteiger partial charge >= 0.3 is 0 Å². The highest BCUT2D eigenvalue weighted by Crippen LogP contribution is 2.30. The summed E-state index contributed by atoms with van der Waals surface area (Å²) in [4.78, 5) is 14.2. The molecule has 0 unspecified atom stereocenters. The minimum atomic E-state index is -0.355. The average molecular weight is 231 g/mol. The van der Waals surface area contributed by atoms with Crippen LogP contribution in [0.2, 0.25) is 0 Å². The van der Waals surface area contributed by atoms with Gasteiger partial charge in [-0.25, -0.2) is 0 Å². The summed E-state index contributed by atoms with van der Waals surface area (Å²) in [6, 6.07) is 8.59. The number of piperidine rings is 1. The van der Waals surface area contributed by atoms with Crippen molar-refractivity contribution in [2.24, 2.45) is 0 Å². The van der Waals surface area contributed by atoms with E-state index >= 15 is 0 Å². The van der Waals surface area contributed by atoms with Gasteiger partial charge < -0.3 is 4.90 Å². The summed E-state index contributed by atoms with van der Waals surface area (Å²) in [5.74, 6) is 0.350. The molecule has 0 aliphatic carbocycles. The molecule has 1 saturated heterocycles. The molecule has 1 aromatic rings. The van der Waals surface area contributed by atoms with Crippen molar-refractivity contribution in [3.8, 4) is 0 Å². The van der Waals surface area contributed by atoms with E-state index < -0.39 is 0 Å². The maximum Gasteiger partial charge on any atom is 0.157 e. The van der Waals surface area contributed by atoms with Crippen LogP contribution in [0.25, 0.3) is 0 Å². The molecule has 0 N–H and O–H groups in total. The standard InChI is InChI=1S/C15H21NO/c1-4-12-7-9-13(10-8-12)16-11-5-6-14(17)15(16,2)3/h7-10H,4-6,11H2,1-3H3. The van der Waals surface area contributed by atoms with Crippen LogP contribution in [-0.4, -0.2) is 17.9 Å². The van der Waals surface area contributed by atoms with Crippen LogP contribution < -0.4 is 4.90 Å². The molecule has 0 spiro atoms. The lowest BCUT2D eigenvalue weighted by molar-refractivity contribution is -0.124. The zero-order valence-corrected chi connectivity index (χ0v) is 11.0. The van der Waals surface area contributed by atoms with Gasteiger partial charge in [0.05, 0.1) is 5.54 Å². The number of nitrogens with zero attached hydrogens (tertiary/aromatic N) is 1. The normalized spacial score (nSPS) is 19.5. The van der Waals surface area contributed by atoms with Crippen molar-refractivity contribution in [3.05, 3.63) is 29.8 Å². The maximum absolute atomic E-state index is 12.0. The van der Waals surface area contributed by atoms with Crippen LogP contribution in [0.15, 0.2) is 24.3 Å². The fourth-order valence-electron chi connectivity index (χ4n) is 2.50. The van der Waals surface area contributed by atoms with Gasteiger partial charge in [0, 0.05) is 18.7 Å². The lowest BCUT2D eigenvalue weighted by Crippen LogP contribution is -2.54. The van der Waals surface area contributed by atoms with E-state index in [9.17, 15) is 4.79 Å². The third-order valence-corrected chi connectivity index (χ3v) is 3.80. The molecule has 1 aromatic carbocycles. The van der Waals surface area contributed by atoms with Crippen molar-refractivity contribution >= 4 is 11.5 Å². The highest BCUT2D eigenvalue weighted by atomic mass is 16.1. The van der Waals surface area contributed by atoms with Crippen molar-refractivity contribution in [3.63, 3.8) is 0 Å². The van der Waals surface area contributed by atoms with Crippen molar-refractivity contribution in [1.29, 1.82) is 0 Å². The Kier molecular flexibility index (Phi) is 3.23. The maximum atomic E-state index is 12.0. The first-order valence-electron chi connectivity index (χ1n) is 6.45. The second kappa shape index (κ2) is 4.52. The van der Waals surface area contributed by atoms with E-state index in [4.69, 9.17) is 0 Å². The number of anilines is 1. The molecular formula is C15H21NO. The van der Waals surface area contributed by atoms with E-state index in [1.165, 1.54) is 11.3 Å². The van der Waals surface area contributed by atoms with Crippen LogP contribution in [0.3, 0.4) is 0 Å².